The maximum atomic E-state index is 11.7. The zero-order valence-electron chi connectivity index (χ0n) is 14.3. The standard InChI is InChI=1S/C17H24N4O3.HI/c1-2-18-17(20-10-16(22)21-13-4-5-13)19-8-7-12-3-6-14-15(9-12)24-11-23-14;/h3,6,9,13H,2,4-5,7-8,10-11H2,1H3,(H,21,22)(H2,18,19,20);1H. The van der Waals surface area contributed by atoms with Crippen LogP contribution in [-0.2, 0) is 11.2 Å². The molecule has 138 valence electrons. The third-order valence-electron chi connectivity index (χ3n) is 3.81. The van der Waals surface area contributed by atoms with Gasteiger partial charge in [0, 0.05) is 19.1 Å². The minimum Gasteiger partial charge on any atom is -0.454 e. The molecular formula is C17H25IN4O3. The number of carbonyl (C=O) groups excluding carboxylic acids is 1. The molecule has 3 N–H and O–H groups in total. The van der Waals surface area contributed by atoms with Gasteiger partial charge < -0.3 is 25.4 Å². The van der Waals surface area contributed by atoms with Crippen LogP contribution in [0.2, 0.25) is 0 Å². The van der Waals surface area contributed by atoms with E-state index in [1.54, 1.807) is 0 Å². The first-order valence-corrected chi connectivity index (χ1v) is 8.44. The molecule has 3 rings (SSSR count). The average molecular weight is 460 g/mol. The second-order valence-corrected chi connectivity index (χ2v) is 5.90. The predicted molar refractivity (Wildman–Crippen MR) is 107 cm³/mol. The van der Waals surface area contributed by atoms with E-state index < -0.39 is 0 Å². The molecule has 1 aromatic carbocycles. The smallest absolute Gasteiger partial charge is 0.242 e. The van der Waals surface area contributed by atoms with Gasteiger partial charge in [0.1, 0.15) is 6.54 Å². The Bertz CT molecular complexity index is 620. The van der Waals surface area contributed by atoms with Gasteiger partial charge in [0.15, 0.2) is 17.5 Å². The number of nitrogens with one attached hydrogen (secondary N) is 3. The highest BCUT2D eigenvalue weighted by atomic mass is 127. The zero-order chi connectivity index (χ0) is 16.8. The van der Waals surface area contributed by atoms with E-state index in [4.69, 9.17) is 9.47 Å². The normalized spacial score (nSPS) is 15.3. The minimum atomic E-state index is -0.0227. The number of amides is 1. The number of aliphatic imine (C=N–C) groups is 1. The molecule has 8 heteroatoms. The van der Waals surface area contributed by atoms with E-state index in [-0.39, 0.29) is 43.2 Å². The number of fused-ring (bicyclic) bond motifs is 1. The summed E-state index contributed by atoms with van der Waals surface area (Å²) < 4.78 is 10.7. The second-order valence-electron chi connectivity index (χ2n) is 5.90. The molecular weight excluding hydrogens is 435 g/mol. The first kappa shape index (κ1) is 19.6. The Hall–Kier alpha value is -1.71. The summed E-state index contributed by atoms with van der Waals surface area (Å²) in [4.78, 5) is 16.0. The van der Waals surface area contributed by atoms with Crippen LogP contribution in [0.5, 0.6) is 11.5 Å². The van der Waals surface area contributed by atoms with Gasteiger partial charge in [-0.2, -0.15) is 0 Å². The second kappa shape index (κ2) is 9.69. The molecule has 1 saturated carbocycles. The van der Waals surface area contributed by atoms with Crippen molar-refractivity contribution < 1.29 is 14.3 Å². The molecule has 1 aromatic rings. The molecule has 0 aromatic heterocycles. The van der Waals surface area contributed by atoms with E-state index in [0.29, 0.717) is 12.0 Å². The molecule has 7 nitrogen and oxygen atoms in total. The monoisotopic (exact) mass is 460 g/mol. The summed E-state index contributed by atoms with van der Waals surface area (Å²) in [5, 5.41) is 9.33. The van der Waals surface area contributed by atoms with Gasteiger partial charge in [-0.15, -0.1) is 24.0 Å². The van der Waals surface area contributed by atoms with Crippen molar-refractivity contribution in [2.45, 2.75) is 32.2 Å². The fraction of sp³-hybridized carbons (Fsp3) is 0.529. The Labute approximate surface area is 165 Å². The summed E-state index contributed by atoms with van der Waals surface area (Å²) >= 11 is 0. The van der Waals surface area contributed by atoms with E-state index in [1.165, 1.54) is 0 Å². The zero-order valence-corrected chi connectivity index (χ0v) is 16.7. The van der Waals surface area contributed by atoms with Gasteiger partial charge >= 0.3 is 0 Å². The van der Waals surface area contributed by atoms with Crippen LogP contribution in [0.1, 0.15) is 25.3 Å². The van der Waals surface area contributed by atoms with Crippen LogP contribution in [0, 0.1) is 0 Å². The number of hydrogen-bond donors (Lipinski definition) is 3. The maximum absolute atomic E-state index is 11.7. The van der Waals surface area contributed by atoms with E-state index in [0.717, 1.165) is 49.4 Å². The van der Waals surface area contributed by atoms with Gasteiger partial charge in [-0.25, -0.2) is 4.99 Å². The highest BCUT2D eigenvalue weighted by Crippen LogP contribution is 2.32. The fourth-order valence-corrected chi connectivity index (χ4v) is 2.42. The average Bonchev–Trinajstić information content (AvgIpc) is 3.26. The van der Waals surface area contributed by atoms with Crippen LogP contribution in [0.15, 0.2) is 23.2 Å². The Morgan fingerprint density at radius 3 is 2.80 bits per heavy atom. The lowest BCUT2D eigenvalue weighted by Gasteiger charge is -2.11. The molecule has 0 radical (unpaired) electrons. The third kappa shape index (κ3) is 6.26. The highest BCUT2D eigenvalue weighted by Gasteiger charge is 2.22. The molecule has 1 amide bonds. The van der Waals surface area contributed by atoms with Crippen molar-refractivity contribution in [1.82, 2.24) is 16.0 Å². The molecule has 0 saturated heterocycles. The predicted octanol–water partition coefficient (Wildman–Crippen LogP) is 1.41. The molecule has 2 aliphatic rings. The van der Waals surface area contributed by atoms with Gasteiger partial charge in [-0.3, -0.25) is 4.79 Å². The van der Waals surface area contributed by atoms with Crippen molar-refractivity contribution in [3.63, 3.8) is 0 Å². The molecule has 1 aliphatic heterocycles. The lowest BCUT2D eigenvalue weighted by Crippen LogP contribution is -2.39. The first-order valence-electron chi connectivity index (χ1n) is 8.44. The van der Waals surface area contributed by atoms with E-state index >= 15 is 0 Å². The number of carbonyl (C=O) groups is 1. The number of ether oxygens (including phenoxy) is 2. The molecule has 0 unspecified atom stereocenters. The first-order chi connectivity index (χ1) is 11.7. The summed E-state index contributed by atoms with van der Waals surface area (Å²) in [5.74, 6) is 2.22. The van der Waals surface area contributed by atoms with Crippen molar-refractivity contribution in [2.24, 2.45) is 4.99 Å². The number of rotatable bonds is 7. The van der Waals surface area contributed by atoms with Gasteiger partial charge in [0.05, 0.1) is 0 Å². The summed E-state index contributed by atoms with van der Waals surface area (Å²) in [5.41, 5.74) is 1.16. The van der Waals surface area contributed by atoms with Crippen LogP contribution >= 0.6 is 24.0 Å². The third-order valence-corrected chi connectivity index (χ3v) is 3.81. The van der Waals surface area contributed by atoms with E-state index in [9.17, 15) is 4.79 Å². The molecule has 0 bridgehead atoms. The largest absolute Gasteiger partial charge is 0.454 e. The van der Waals surface area contributed by atoms with Crippen LogP contribution in [0.4, 0.5) is 0 Å². The van der Waals surface area contributed by atoms with E-state index in [2.05, 4.69) is 20.9 Å². The Morgan fingerprint density at radius 2 is 2.04 bits per heavy atom. The minimum absolute atomic E-state index is 0. The van der Waals surface area contributed by atoms with Gasteiger partial charge in [-0.05, 0) is 43.9 Å². The number of hydrogen-bond acceptors (Lipinski definition) is 4. The van der Waals surface area contributed by atoms with Crippen molar-refractivity contribution in [3.8, 4) is 11.5 Å². The number of halogens is 1. The van der Waals surface area contributed by atoms with Crippen molar-refractivity contribution in [3.05, 3.63) is 23.8 Å². The summed E-state index contributed by atoms with van der Waals surface area (Å²) in [6.07, 6.45) is 3.00. The highest BCUT2D eigenvalue weighted by molar-refractivity contribution is 14.0. The molecule has 0 spiro atoms. The quantitative estimate of drug-likeness (QED) is 0.326. The van der Waals surface area contributed by atoms with Gasteiger partial charge in [0.25, 0.3) is 0 Å². The van der Waals surface area contributed by atoms with E-state index in [1.807, 2.05) is 25.1 Å². The fourth-order valence-electron chi connectivity index (χ4n) is 2.42. The molecule has 25 heavy (non-hydrogen) atoms. The van der Waals surface area contributed by atoms with Crippen LogP contribution < -0.4 is 25.4 Å². The molecule has 1 aliphatic carbocycles. The summed E-state index contributed by atoms with van der Waals surface area (Å²) in [7, 11) is 0. The summed E-state index contributed by atoms with van der Waals surface area (Å²) in [6.45, 7) is 3.90. The summed E-state index contributed by atoms with van der Waals surface area (Å²) in [6, 6.07) is 6.33. The molecule has 1 heterocycles. The topological polar surface area (TPSA) is 84.0 Å². The number of nitrogens with zero attached hydrogens (tertiary/aromatic N) is 1. The van der Waals surface area contributed by atoms with Crippen LogP contribution in [0.3, 0.4) is 0 Å². The van der Waals surface area contributed by atoms with Crippen molar-refractivity contribution in [2.75, 3.05) is 26.4 Å². The maximum Gasteiger partial charge on any atom is 0.242 e. The lowest BCUT2D eigenvalue weighted by molar-refractivity contribution is -0.119. The van der Waals surface area contributed by atoms with Gasteiger partial charge in [0.2, 0.25) is 12.7 Å². The Kier molecular flexibility index (Phi) is 7.60. The van der Waals surface area contributed by atoms with Crippen molar-refractivity contribution in [1.29, 1.82) is 0 Å². The molecule has 1 fully saturated rings. The number of guanidine groups is 1. The Morgan fingerprint density at radius 1 is 1.24 bits per heavy atom. The number of benzene rings is 1. The van der Waals surface area contributed by atoms with Gasteiger partial charge in [-0.1, -0.05) is 6.07 Å². The van der Waals surface area contributed by atoms with Crippen LogP contribution in [-0.4, -0.2) is 44.3 Å². The lowest BCUT2D eigenvalue weighted by atomic mass is 10.1. The van der Waals surface area contributed by atoms with Crippen LogP contribution in [0.25, 0.3) is 0 Å². The molecule has 0 atom stereocenters. The van der Waals surface area contributed by atoms with Crippen molar-refractivity contribution >= 4 is 35.8 Å². The SMILES string of the molecule is CCNC(=NCC(=O)NC1CC1)NCCc1ccc2c(c1)OCO2.I. The Balaban J connectivity index is 0.00000225.